The Morgan fingerprint density at radius 2 is 1.68 bits per heavy atom. The summed E-state index contributed by atoms with van der Waals surface area (Å²) in [5, 5.41) is 2.66. The first-order valence-electron chi connectivity index (χ1n) is 14.5. The van der Waals surface area contributed by atoms with Crippen molar-refractivity contribution in [3.05, 3.63) is 106 Å². The fourth-order valence-corrected chi connectivity index (χ4v) is 6.66. The van der Waals surface area contributed by atoms with E-state index in [0.717, 1.165) is 22.7 Å². The van der Waals surface area contributed by atoms with E-state index in [1.807, 2.05) is 26.0 Å². The molecule has 2 N–H and O–H groups in total. The van der Waals surface area contributed by atoms with Gasteiger partial charge in [-0.1, -0.05) is 30.3 Å². The van der Waals surface area contributed by atoms with E-state index >= 15 is 0 Å². The van der Waals surface area contributed by atoms with Crippen LogP contribution in [0.25, 0.3) is 11.1 Å². The fourth-order valence-electron chi connectivity index (χ4n) is 5.70. The molecule has 1 unspecified atom stereocenters. The molecular formula is C33H34F3N5O2S. The highest BCUT2D eigenvalue weighted by Crippen LogP contribution is 2.35. The Morgan fingerprint density at radius 3 is 2.30 bits per heavy atom. The molecule has 230 valence electrons. The molecule has 1 aliphatic rings. The quantitative estimate of drug-likeness (QED) is 0.234. The molecule has 7 nitrogen and oxygen atoms in total. The van der Waals surface area contributed by atoms with E-state index in [1.54, 1.807) is 51.8 Å². The maximum absolute atomic E-state index is 13.7. The summed E-state index contributed by atoms with van der Waals surface area (Å²) in [6.07, 6.45) is 0.320. The van der Waals surface area contributed by atoms with E-state index in [-0.39, 0.29) is 36.4 Å². The molecule has 0 saturated carbocycles. The smallest absolute Gasteiger partial charge is 0.339 e. The van der Waals surface area contributed by atoms with Crippen molar-refractivity contribution in [2.75, 3.05) is 19.6 Å². The normalized spacial score (nSPS) is 14.9. The highest BCUT2D eigenvalue weighted by Gasteiger charge is 2.32. The van der Waals surface area contributed by atoms with E-state index in [2.05, 4.69) is 4.98 Å². The summed E-state index contributed by atoms with van der Waals surface area (Å²) in [4.78, 5) is 39.6. The minimum absolute atomic E-state index is 0.103. The number of benzene rings is 2. The molecule has 2 aromatic heterocycles. The van der Waals surface area contributed by atoms with Crippen LogP contribution in [0.3, 0.4) is 0 Å². The number of alkyl halides is 3. The molecule has 0 aliphatic carbocycles. The van der Waals surface area contributed by atoms with E-state index < -0.39 is 11.7 Å². The lowest BCUT2D eigenvalue weighted by Crippen LogP contribution is -2.43. The van der Waals surface area contributed by atoms with Gasteiger partial charge in [-0.2, -0.15) is 13.2 Å². The predicted octanol–water partition coefficient (Wildman–Crippen LogP) is 6.79. The molecule has 1 atom stereocenters. The van der Waals surface area contributed by atoms with Gasteiger partial charge in [-0.25, -0.2) is 4.98 Å². The van der Waals surface area contributed by atoms with Crippen molar-refractivity contribution in [3.63, 3.8) is 0 Å². The van der Waals surface area contributed by atoms with Crippen LogP contribution in [0.5, 0.6) is 0 Å². The number of nitrogens with two attached hydrogens (primary N) is 1. The van der Waals surface area contributed by atoms with Gasteiger partial charge in [0.05, 0.1) is 16.6 Å². The van der Waals surface area contributed by atoms with Crippen molar-refractivity contribution in [1.82, 2.24) is 19.8 Å². The number of aromatic nitrogens is 2. The molecule has 0 spiro atoms. The zero-order valence-electron chi connectivity index (χ0n) is 24.5. The summed E-state index contributed by atoms with van der Waals surface area (Å²) < 4.78 is 39.2. The SMILES string of the molecule is CC(C)N(C(=O)c1csc(C2CCN(C(=O)c3ccccc3-c3ccc(C(F)(F)F)cc3)CC2)n1)C(CN)c1ccncc1. The number of nitrogens with zero attached hydrogens (tertiary/aromatic N) is 4. The second kappa shape index (κ2) is 13.3. The van der Waals surface area contributed by atoms with Crippen LogP contribution in [-0.4, -0.2) is 57.3 Å². The van der Waals surface area contributed by atoms with Crippen molar-refractivity contribution >= 4 is 23.2 Å². The number of rotatable bonds is 8. The van der Waals surface area contributed by atoms with Crippen LogP contribution in [0.15, 0.2) is 78.4 Å². The molecule has 5 rings (SSSR count). The molecule has 1 aliphatic heterocycles. The van der Waals surface area contributed by atoms with Gasteiger partial charge in [0.2, 0.25) is 0 Å². The average molecular weight is 622 g/mol. The Morgan fingerprint density at radius 1 is 1.02 bits per heavy atom. The zero-order chi connectivity index (χ0) is 31.4. The van der Waals surface area contributed by atoms with Gasteiger partial charge in [-0.3, -0.25) is 14.6 Å². The Bertz CT molecular complexity index is 1580. The first-order valence-corrected chi connectivity index (χ1v) is 15.4. The molecule has 2 amide bonds. The number of carbonyl (C=O) groups is 2. The molecule has 2 aromatic carbocycles. The van der Waals surface area contributed by atoms with Gasteiger partial charge in [0.15, 0.2) is 0 Å². The van der Waals surface area contributed by atoms with Crippen LogP contribution in [0, 0.1) is 0 Å². The van der Waals surface area contributed by atoms with Crippen LogP contribution >= 0.6 is 11.3 Å². The Kier molecular flexibility index (Phi) is 9.45. The van der Waals surface area contributed by atoms with Crippen molar-refractivity contribution < 1.29 is 22.8 Å². The lowest BCUT2D eigenvalue weighted by Gasteiger charge is -2.34. The van der Waals surface area contributed by atoms with E-state index in [4.69, 9.17) is 10.7 Å². The predicted molar refractivity (Wildman–Crippen MR) is 164 cm³/mol. The van der Waals surface area contributed by atoms with Crippen molar-refractivity contribution in [2.24, 2.45) is 5.73 Å². The summed E-state index contributed by atoms with van der Waals surface area (Å²) in [7, 11) is 0. The minimum atomic E-state index is -4.43. The number of pyridine rings is 1. The van der Waals surface area contributed by atoms with Crippen LogP contribution in [-0.2, 0) is 6.18 Å². The number of hydrogen-bond acceptors (Lipinski definition) is 6. The van der Waals surface area contributed by atoms with Crippen molar-refractivity contribution in [1.29, 1.82) is 0 Å². The number of amides is 2. The zero-order valence-corrected chi connectivity index (χ0v) is 25.3. The van der Waals surface area contributed by atoms with Gasteiger partial charge in [-0.15, -0.1) is 11.3 Å². The molecule has 11 heteroatoms. The third-order valence-electron chi connectivity index (χ3n) is 7.99. The second-order valence-electron chi connectivity index (χ2n) is 11.1. The molecule has 44 heavy (non-hydrogen) atoms. The maximum atomic E-state index is 13.7. The van der Waals surface area contributed by atoms with Gasteiger partial charge in [-0.05, 0) is 73.7 Å². The van der Waals surface area contributed by atoms with E-state index in [0.29, 0.717) is 48.3 Å². The van der Waals surface area contributed by atoms with E-state index in [9.17, 15) is 22.8 Å². The summed E-state index contributed by atoms with van der Waals surface area (Å²) in [5.74, 6) is -0.235. The highest BCUT2D eigenvalue weighted by molar-refractivity contribution is 7.09. The van der Waals surface area contributed by atoms with Gasteiger partial charge in [0.1, 0.15) is 5.69 Å². The summed E-state index contributed by atoms with van der Waals surface area (Å²) in [6.45, 7) is 5.18. The lowest BCUT2D eigenvalue weighted by molar-refractivity contribution is -0.137. The number of piperidine rings is 1. The van der Waals surface area contributed by atoms with Crippen LogP contribution in [0.2, 0.25) is 0 Å². The average Bonchev–Trinajstić information content (AvgIpc) is 3.53. The fraction of sp³-hybridized carbons (Fsp3) is 0.333. The van der Waals surface area contributed by atoms with Gasteiger partial charge < -0.3 is 15.5 Å². The minimum Gasteiger partial charge on any atom is -0.339 e. The number of carbonyl (C=O) groups excluding carboxylic acids is 2. The molecule has 4 aromatic rings. The Balaban J connectivity index is 1.26. The Hall–Kier alpha value is -4.09. The van der Waals surface area contributed by atoms with Crippen molar-refractivity contribution in [2.45, 2.75) is 50.9 Å². The number of likely N-dealkylation sites (tertiary alicyclic amines) is 1. The second-order valence-corrected chi connectivity index (χ2v) is 12.0. The summed E-state index contributed by atoms with van der Waals surface area (Å²) in [5.41, 5.74) is 8.28. The standard InChI is InChI=1S/C33H34F3N5O2S/c1-21(2)41(29(19-37)23-11-15-38-16-12-23)32(43)28-20-44-30(39-28)24-13-17-40(18-14-24)31(42)27-6-4-3-5-26(27)22-7-9-25(10-8-22)33(34,35)36/h3-12,15-16,20-21,24,29H,13-14,17-19,37H2,1-2H3. The van der Waals surface area contributed by atoms with Gasteiger partial charge in [0.25, 0.3) is 11.8 Å². The number of thiazole rings is 1. The molecular weight excluding hydrogens is 587 g/mol. The molecule has 1 saturated heterocycles. The molecule has 0 radical (unpaired) electrons. The monoisotopic (exact) mass is 621 g/mol. The third-order valence-corrected chi connectivity index (χ3v) is 9.00. The third kappa shape index (κ3) is 6.68. The maximum Gasteiger partial charge on any atom is 0.416 e. The summed E-state index contributed by atoms with van der Waals surface area (Å²) in [6, 6.07) is 15.2. The first-order chi connectivity index (χ1) is 21.1. The molecule has 1 fully saturated rings. The Labute approximate surface area is 258 Å². The van der Waals surface area contributed by atoms with Gasteiger partial charge >= 0.3 is 6.18 Å². The molecule has 3 heterocycles. The number of hydrogen-bond donors (Lipinski definition) is 1. The molecule has 0 bridgehead atoms. The lowest BCUT2D eigenvalue weighted by atomic mass is 9.94. The van der Waals surface area contributed by atoms with Crippen LogP contribution in [0.1, 0.15) is 75.6 Å². The van der Waals surface area contributed by atoms with Crippen LogP contribution in [0.4, 0.5) is 13.2 Å². The van der Waals surface area contributed by atoms with Gasteiger partial charge in [0, 0.05) is 54.9 Å². The topological polar surface area (TPSA) is 92.4 Å². The summed E-state index contributed by atoms with van der Waals surface area (Å²) >= 11 is 1.45. The first kappa shape index (κ1) is 31.3. The number of halogens is 3. The largest absolute Gasteiger partial charge is 0.416 e. The van der Waals surface area contributed by atoms with Crippen LogP contribution < -0.4 is 5.73 Å². The van der Waals surface area contributed by atoms with E-state index in [1.165, 1.54) is 23.5 Å². The van der Waals surface area contributed by atoms with Crippen molar-refractivity contribution in [3.8, 4) is 11.1 Å². The highest BCUT2D eigenvalue weighted by atomic mass is 32.1.